The number of aromatic nitrogens is 2. The number of aryl methyl sites for hydroxylation is 1. The van der Waals surface area contributed by atoms with Gasteiger partial charge in [-0.3, -0.25) is 4.79 Å². The summed E-state index contributed by atoms with van der Waals surface area (Å²) in [6, 6.07) is 18.8. The van der Waals surface area contributed by atoms with Gasteiger partial charge in [0.05, 0.1) is 23.0 Å². The van der Waals surface area contributed by atoms with Crippen LogP contribution < -0.4 is 15.4 Å². The van der Waals surface area contributed by atoms with E-state index in [-0.39, 0.29) is 5.78 Å². The molecule has 1 unspecified atom stereocenters. The highest BCUT2D eigenvalue weighted by Crippen LogP contribution is 2.39. The molecule has 0 amide bonds. The Hall–Kier alpha value is -3.45. The third-order valence-corrected chi connectivity index (χ3v) is 5.18. The van der Waals surface area contributed by atoms with Crippen LogP contribution in [-0.4, -0.2) is 20.7 Å². The molecule has 0 bridgehead atoms. The van der Waals surface area contributed by atoms with Crippen molar-refractivity contribution in [1.82, 2.24) is 20.4 Å². The van der Waals surface area contributed by atoms with Gasteiger partial charge in [0.15, 0.2) is 10.9 Å². The predicted octanol–water partition coefficient (Wildman–Crippen LogP) is 4.35. The molecule has 1 aromatic heterocycles. The SMILES string of the molecule is CC(=O)C1=C(C)NC(=S)NC1c1c(C)nn(-c2ccccc2)c1Oc1ccccc1. The zero-order valence-corrected chi connectivity index (χ0v) is 17.8. The Balaban J connectivity index is 1.93. The Morgan fingerprint density at radius 2 is 1.70 bits per heavy atom. The van der Waals surface area contributed by atoms with Gasteiger partial charge in [0.25, 0.3) is 0 Å². The molecule has 3 aromatic rings. The van der Waals surface area contributed by atoms with Gasteiger partial charge in [0.1, 0.15) is 5.75 Å². The molecule has 1 aliphatic rings. The molecule has 4 rings (SSSR count). The first-order valence-corrected chi connectivity index (χ1v) is 10.0. The molecule has 7 heteroatoms. The molecule has 0 aliphatic carbocycles. The number of hydrogen-bond donors (Lipinski definition) is 2. The summed E-state index contributed by atoms with van der Waals surface area (Å²) in [5.41, 5.74) is 3.72. The van der Waals surface area contributed by atoms with Gasteiger partial charge in [-0.1, -0.05) is 36.4 Å². The number of carbonyl (C=O) groups excluding carboxylic acids is 1. The third kappa shape index (κ3) is 3.71. The number of nitrogens with zero attached hydrogens (tertiary/aromatic N) is 2. The summed E-state index contributed by atoms with van der Waals surface area (Å²) >= 11 is 5.38. The average molecular weight is 419 g/mol. The standard InChI is InChI=1S/C23H22N4O2S/c1-14-19(16(3)28)21(25-23(30)24-14)20-15(2)26-27(17-10-6-4-7-11-17)22(20)29-18-12-8-5-9-13-18/h4-13,21H,1-3H3,(H2,24,25,30). The molecule has 152 valence electrons. The number of rotatable bonds is 5. The lowest BCUT2D eigenvalue weighted by atomic mass is 9.93. The number of nitrogens with one attached hydrogen (secondary N) is 2. The van der Waals surface area contributed by atoms with E-state index in [2.05, 4.69) is 10.6 Å². The fraction of sp³-hybridized carbons (Fsp3) is 0.174. The third-order valence-electron chi connectivity index (χ3n) is 4.96. The first-order chi connectivity index (χ1) is 14.5. The second-order valence-electron chi connectivity index (χ2n) is 7.09. The van der Waals surface area contributed by atoms with Gasteiger partial charge in [0, 0.05) is 11.3 Å². The fourth-order valence-electron chi connectivity index (χ4n) is 3.67. The van der Waals surface area contributed by atoms with E-state index in [9.17, 15) is 4.79 Å². The monoisotopic (exact) mass is 418 g/mol. The van der Waals surface area contributed by atoms with E-state index in [1.54, 1.807) is 11.6 Å². The summed E-state index contributed by atoms with van der Waals surface area (Å²) in [6.45, 7) is 5.32. The van der Waals surface area contributed by atoms with Gasteiger partial charge in [0.2, 0.25) is 5.88 Å². The van der Waals surface area contributed by atoms with Crippen LogP contribution in [-0.2, 0) is 4.79 Å². The molecule has 6 nitrogen and oxygen atoms in total. The van der Waals surface area contributed by atoms with Crippen molar-refractivity contribution in [2.24, 2.45) is 0 Å². The molecular weight excluding hydrogens is 396 g/mol. The van der Waals surface area contributed by atoms with Crippen LogP contribution in [0.15, 0.2) is 71.9 Å². The number of para-hydroxylation sites is 2. The smallest absolute Gasteiger partial charge is 0.228 e. The molecular formula is C23H22N4O2S. The van der Waals surface area contributed by atoms with Gasteiger partial charge < -0.3 is 15.4 Å². The van der Waals surface area contributed by atoms with Crippen LogP contribution in [0.1, 0.15) is 31.1 Å². The van der Waals surface area contributed by atoms with Crippen molar-refractivity contribution in [1.29, 1.82) is 0 Å². The Morgan fingerprint density at radius 3 is 2.33 bits per heavy atom. The zero-order chi connectivity index (χ0) is 21.3. The van der Waals surface area contributed by atoms with Gasteiger partial charge in [-0.05, 0) is 57.3 Å². The van der Waals surface area contributed by atoms with Gasteiger partial charge >= 0.3 is 0 Å². The van der Waals surface area contributed by atoms with Gasteiger partial charge in [-0.25, -0.2) is 4.68 Å². The van der Waals surface area contributed by atoms with E-state index in [1.807, 2.05) is 74.5 Å². The maximum absolute atomic E-state index is 12.5. The zero-order valence-electron chi connectivity index (χ0n) is 17.0. The highest BCUT2D eigenvalue weighted by molar-refractivity contribution is 7.80. The maximum atomic E-state index is 12.5. The lowest BCUT2D eigenvalue weighted by molar-refractivity contribution is -0.114. The van der Waals surface area contributed by atoms with Crippen molar-refractivity contribution < 1.29 is 9.53 Å². The van der Waals surface area contributed by atoms with Crippen LogP contribution in [0, 0.1) is 6.92 Å². The molecule has 2 heterocycles. The Bertz CT molecular complexity index is 1140. The van der Waals surface area contributed by atoms with Crippen molar-refractivity contribution in [3.8, 4) is 17.3 Å². The summed E-state index contributed by atoms with van der Waals surface area (Å²) < 4.78 is 8.09. The van der Waals surface area contributed by atoms with E-state index in [1.165, 1.54) is 0 Å². The van der Waals surface area contributed by atoms with Crippen LogP contribution >= 0.6 is 12.2 Å². The van der Waals surface area contributed by atoms with E-state index >= 15 is 0 Å². The lowest BCUT2D eigenvalue weighted by Gasteiger charge is -2.30. The number of hydrogen-bond acceptors (Lipinski definition) is 4. The molecule has 1 atom stereocenters. The minimum atomic E-state index is -0.465. The first-order valence-electron chi connectivity index (χ1n) is 9.62. The Kier molecular flexibility index (Phi) is 5.37. The van der Waals surface area contributed by atoms with Crippen LogP contribution in [0.5, 0.6) is 11.6 Å². The second-order valence-corrected chi connectivity index (χ2v) is 7.50. The normalized spacial score (nSPS) is 16.1. The largest absolute Gasteiger partial charge is 0.439 e. The number of thiocarbonyl (C=S) groups is 1. The summed E-state index contributed by atoms with van der Waals surface area (Å²) in [5, 5.41) is 11.5. The molecule has 2 N–H and O–H groups in total. The number of benzene rings is 2. The summed E-state index contributed by atoms with van der Waals surface area (Å²) in [6.07, 6.45) is 0. The van der Waals surface area contributed by atoms with Gasteiger partial charge in [-0.15, -0.1) is 0 Å². The van der Waals surface area contributed by atoms with E-state index in [0.29, 0.717) is 22.3 Å². The molecule has 2 aromatic carbocycles. The van der Waals surface area contributed by atoms with Crippen molar-refractivity contribution in [3.63, 3.8) is 0 Å². The molecule has 0 radical (unpaired) electrons. The quantitative estimate of drug-likeness (QED) is 0.601. The topological polar surface area (TPSA) is 68.2 Å². The van der Waals surface area contributed by atoms with Crippen LogP contribution in [0.4, 0.5) is 0 Å². The van der Waals surface area contributed by atoms with Crippen LogP contribution in [0.3, 0.4) is 0 Å². The predicted molar refractivity (Wildman–Crippen MR) is 120 cm³/mol. The lowest BCUT2D eigenvalue weighted by Crippen LogP contribution is -2.44. The minimum absolute atomic E-state index is 0.0440. The Labute approximate surface area is 180 Å². The summed E-state index contributed by atoms with van der Waals surface area (Å²) in [7, 11) is 0. The van der Waals surface area contributed by atoms with Crippen LogP contribution in [0.25, 0.3) is 5.69 Å². The maximum Gasteiger partial charge on any atom is 0.228 e. The minimum Gasteiger partial charge on any atom is -0.439 e. The average Bonchev–Trinajstić information content (AvgIpc) is 3.04. The van der Waals surface area contributed by atoms with Crippen molar-refractivity contribution in [3.05, 3.63) is 83.2 Å². The molecule has 0 saturated carbocycles. The van der Waals surface area contributed by atoms with E-state index < -0.39 is 6.04 Å². The summed E-state index contributed by atoms with van der Waals surface area (Å²) in [5.74, 6) is 1.17. The molecule has 30 heavy (non-hydrogen) atoms. The van der Waals surface area contributed by atoms with Gasteiger partial charge in [-0.2, -0.15) is 5.10 Å². The van der Waals surface area contributed by atoms with Crippen molar-refractivity contribution >= 4 is 23.1 Å². The molecule has 0 fully saturated rings. The summed E-state index contributed by atoms with van der Waals surface area (Å²) in [4.78, 5) is 12.5. The second kappa shape index (κ2) is 8.12. The highest BCUT2D eigenvalue weighted by Gasteiger charge is 2.34. The Morgan fingerprint density at radius 1 is 1.07 bits per heavy atom. The number of ether oxygens (including phenoxy) is 1. The number of carbonyl (C=O) groups is 1. The first kappa shape index (κ1) is 19.8. The highest BCUT2D eigenvalue weighted by atomic mass is 32.1. The number of allylic oxidation sites excluding steroid dienone is 1. The van der Waals surface area contributed by atoms with Crippen molar-refractivity contribution in [2.45, 2.75) is 26.8 Å². The van der Waals surface area contributed by atoms with E-state index in [0.717, 1.165) is 22.6 Å². The molecule has 1 aliphatic heterocycles. The van der Waals surface area contributed by atoms with Crippen LogP contribution in [0.2, 0.25) is 0 Å². The molecule has 0 saturated heterocycles. The molecule has 0 spiro atoms. The number of Topliss-reactive ketones (excluding diaryl/α,β-unsaturated/α-hetero) is 1. The fourth-order valence-corrected chi connectivity index (χ4v) is 3.94. The van der Waals surface area contributed by atoms with Crippen molar-refractivity contribution in [2.75, 3.05) is 0 Å². The van der Waals surface area contributed by atoms with E-state index in [4.69, 9.17) is 22.1 Å². The number of ketones is 1.